The Balaban J connectivity index is 2.23. The summed E-state index contributed by atoms with van der Waals surface area (Å²) >= 11 is 8.97. The van der Waals surface area contributed by atoms with Crippen molar-refractivity contribution in [2.24, 2.45) is 0 Å². The third-order valence-electron chi connectivity index (χ3n) is 2.64. The van der Waals surface area contributed by atoms with E-state index in [1.54, 1.807) is 0 Å². The number of carbonyl (C=O) groups is 2. The maximum Gasteiger partial charge on any atom is 0.277 e. The van der Waals surface area contributed by atoms with Crippen LogP contribution in [0.15, 0.2) is 28.4 Å². The van der Waals surface area contributed by atoms with Crippen LogP contribution < -0.4 is 5.32 Å². The van der Waals surface area contributed by atoms with E-state index in [1.807, 2.05) is 0 Å². The van der Waals surface area contributed by atoms with Crippen molar-refractivity contribution in [3.05, 3.63) is 33.4 Å². The van der Waals surface area contributed by atoms with Gasteiger partial charge in [0, 0.05) is 16.6 Å². The van der Waals surface area contributed by atoms with Crippen molar-refractivity contribution >= 4 is 45.0 Å². The predicted molar refractivity (Wildman–Crippen MR) is 76.3 cm³/mol. The molecule has 0 atom stereocenters. The number of aliphatic hydroxyl groups excluding tert-OH is 1. The number of amides is 2. The van der Waals surface area contributed by atoms with Gasteiger partial charge in [-0.1, -0.05) is 11.6 Å². The van der Waals surface area contributed by atoms with E-state index in [-0.39, 0.29) is 29.6 Å². The van der Waals surface area contributed by atoms with Gasteiger partial charge in [0.25, 0.3) is 11.8 Å². The number of aliphatic hydroxyl groups is 1. The second-order valence-corrected chi connectivity index (χ2v) is 5.25. The van der Waals surface area contributed by atoms with Crippen LogP contribution in [0.1, 0.15) is 0 Å². The Morgan fingerprint density at radius 2 is 2.05 bits per heavy atom. The Kier molecular flexibility index (Phi) is 4.32. The lowest BCUT2D eigenvalue weighted by Gasteiger charge is -2.14. The molecule has 1 aromatic rings. The fourth-order valence-corrected chi connectivity index (χ4v) is 2.43. The number of nitrogens with zero attached hydrogens (tertiary/aromatic N) is 1. The predicted octanol–water partition coefficient (Wildman–Crippen LogP) is 1.46. The van der Waals surface area contributed by atoms with E-state index < -0.39 is 11.8 Å². The first-order chi connectivity index (χ1) is 9.43. The van der Waals surface area contributed by atoms with E-state index in [0.29, 0.717) is 10.2 Å². The number of halogens is 2. The molecule has 0 radical (unpaired) electrons. The first-order valence-corrected chi connectivity index (χ1v) is 6.74. The standard InChI is InChI=1S/C12H10BrClN2O4/c13-6-3-7(14)10(18)4-8(6)15-9-5-11(19)16(1-2-17)12(9)20/h3-5,15,17-18H,1-2H2. The van der Waals surface area contributed by atoms with Gasteiger partial charge >= 0.3 is 0 Å². The molecule has 1 aromatic carbocycles. The molecule has 2 rings (SSSR count). The summed E-state index contributed by atoms with van der Waals surface area (Å²) in [5, 5.41) is 21.3. The molecule has 1 aliphatic rings. The molecule has 0 saturated heterocycles. The lowest BCUT2D eigenvalue weighted by atomic mass is 10.3. The number of phenols is 1. The van der Waals surface area contributed by atoms with Crippen molar-refractivity contribution in [3.8, 4) is 5.75 Å². The highest BCUT2D eigenvalue weighted by Crippen LogP contribution is 2.34. The minimum atomic E-state index is -0.537. The van der Waals surface area contributed by atoms with Crippen LogP contribution in [0.4, 0.5) is 5.69 Å². The maximum atomic E-state index is 11.9. The third-order valence-corrected chi connectivity index (χ3v) is 3.60. The van der Waals surface area contributed by atoms with Crippen molar-refractivity contribution in [3.63, 3.8) is 0 Å². The van der Waals surface area contributed by atoms with Crippen molar-refractivity contribution < 1.29 is 19.8 Å². The molecule has 0 fully saturated rings. The van der Waals surface area contributed by atoms with E-state index in [2.05, 4.69) is 21.2 Å². The zero-order valence-electron chi connectivity index (χ0n) is 10.1. The Morgan fingerprint density at radius 3 is 2.70 bits per heavy atom. The molecule has 3 N–H and O–H groups in total. The fraction of sp³-hybridized carbons (Fsp3) is 0.167. The van der Waals surface area contributed by atoms with E-state index in [4.69, 9.17) is 16.7 Å². The lowest BCUT2D eigenvalue weighted by molar-refractivity contribution is -0.137. The van der Waals surface area contributed by atoms with Crippen LogP contribution >= 0.6 is 27.5 Å². The van der Waals surface area contributed by atoms with Crippen LogP contribution in [0, 0.1) is 0 Å². The Morgan fingerprint density at radius 1 is 1.35 bits per heavy atom. The van der Waals surface area contributed by atoms with Crippen LogP contribution in [0.2, 0.25) is 5.02 Å². The Labute approximate surface area is 127 Å². The number of aromatic hydroxyl groups is 1. The van der Waals surface area contributed by atoms with Crippen LogP contribution in [0.25, 0.3) is 0 Å². The van der Waals surface area contributed by atoms with Gasteiger partial charge in [0.15, 0.2) is 0 Å². The summed E-state index contributed by atoms with van der Waals surface area (Å²) in [4.78, 5) is 24.4. The van der Waals surface area contributed by atoms with Gasteiger partial charge in [0.1, 0.15) is 11.4 Å². The monoisotopic (exact) mass is 360 g/mol. The Bertz CT molecular complexity index is 618. The first-order valence-electron chi connectivity index (χ1n) is 5.57. The molecule has 1 aliphatic heterocycles. The molecular formula is C12H10BrClN2O4. The van der Waals surface area contributed by atoms with Crippen molar-refractivity contribution in [2.45, 2.75) is 0 Å². The van der Waals surface area contributed by atoms with Crippen LogP contribution in [-0.2, 0) is 9.59 Å². The molecule has 0 spiro atoms. The zero-order chi connectivity index (χ0) is 14.9. The molecule has 106 valence electrons. The van der Waals surface area contributed by atoms with Crippen LogP contribution in [-0.4, -0.2) is 40.1 Å². The minimum Gasteiger partial charge on any atom is -0.506 e. The number of imide groups is 1. The van der Waals surface area contributed by atoms with E-state index >= 15 is 0 Å². The summed E-state index contributed by atoms with van der Waals surface area (Å²) in [6, 6.07) is 2.80. The third kappa shape index (κ3) is 2.79. The molecule has 6 nitrogen and oxygen atoms in total. The molecule has 0 unspecified atom stereocenters. The summed E-state index contributed by atoms with van der Waals surface area (Å²) in [5.74, 6) is -1.19. The molecule has 0 aromatic heterocycles. The van der Waals surface area contributed by atoms with E-state index in [0.717, 1.165) is 11.0 Å². The van der Waals surface area contributed by atoms with Gasteiger partial charge < -0.3 is 15.5 Å². The highest BCUT2D eigenvalue weighted by atomic mass is 79.9. The molecule has 20 heavy (non-hydrogen) atoms. The zero-order valence-corrected chi connectivity index (χ0v) is 12.4. The van der Waals surface area contributed by atoms with Gasteiger partial charge in [-0.05, 0) is 22.0 Å². The van der Waals surface area contributed by atoms with Gasteiger partial charge in [-0.3, -0.25) is 14.5 Å². The van der Waals surface area contributed by atoms with Gasteiger partial charge in [0.2, 0.25) is 0 Å². The molecule has 8 heteroatoms. The molecule has 0 aliphatic carbocycles. The number of nitrogens with one attached hydrogen (secondary N) is 1. The largest absolute Gasteiger partial charge is 0.506 e. The van der Waals surface area contributed by atoms with Crippen molar-refractivity contribution in [2.75, 3.05) is 18.5 Å². The summed E-state index contributed by atoms with van der Waals surface area (Å²) in [5.41, 5.74) is 0.455. The average Bonchev–Trinajstić information content (AvgIpc) is 2.64. The quantitative estimate of drug-likeness (QED) is 0.707. The average molecular weight is 362 g/mol. The van der Waals surface area contributed by atoms with Gasteiger partial charge in [-0.25, -0.2) is 0 Å². The highest BCUT2D eigenvalue weighted by molar-refractivity contribution is 9.10. The number of phenolic OH excluding ortho intramolecular Hbond substituents is 1. The first kappa shape index (κ1) is 14.8. The van der Waals surface area contributed by atoms with Gasteiger partial charge in [-0.15, -0.1) is 0 Å². The van der Waals surface area contributed by atoms with Crippen molar-refractivity contribution in [1.82, 2.24) is 4.90 Å². The Hall–Kier alpha value is -1.57. The van der Waals surface area contributed by atoms with E-state index in [1.165, 1.54) is 12.1 Å². The summed E-state index contributed by atoms with van der Waals surface area (Å²) in [6.45, 7) is -0.365. The number of hydrogen-bond donors (Lipinski definition) is 3. The molecule has 0 saturated carbocycles. The maximum absolute atomic E-state index is 11.9. The van der Waals surface area contributed by atoms with Crippen LogP contribution in [0.5, 0.6) is 5.75 Å². The molecular weight excluding hydrogens is 351 g/mol. The number of β-amino-alcohol motifs (C(OH)–C–C–N with tert-alkyl or cyclic N) is 1. The molecule has 2 amide bonds. The summed E-state index contributed by atoms with van der Waals surface area (Å²) in [6.07, 6.45) is 1.14. The van der Waals surface area contributed by atoms with Crippen molar-refractivity contribution in [1.29, 1.82) is 0 Å². The number of benzene rings is 1. The summed E-state index contributed by atoms with van der Waals surface area (Å²) < 4.78 is 0.530. The minimum absolute atomic E-state index is 0.0610. The highest BCUT2D eigenvalue weighted by Gasteiger charge is 2.30. The number of carbonyl (C=O) groups excluding carboxylic acids is 2. The van der Waals surface area contributed by atoms with Gasteiger partial charge in [-0.2, -0.15) is 0 Å². The molecule has 1 heterocycles. The second-order valence-electron chi connectivity index (χ2n) is 3.99. The van der Waals surface area contributed by atoms with E-state index in [9.17, 15) is 14.7 Å². The number of hydrogen-bond acceptors (Lipinski definition) is 5. The van der Waals surface area contributed by atoms with Gasteiger partial charge in [0.05, 0.1) is 23.9 Å². The smallest absolute Gasteiger partial charge is 0.277 e. The number of rotatable bonds is 4. The molecule has 0 bridgehead atoms. The normalized spacial score (nSPS) is 14.8. The lowest BCUT2D eigenvalue weighted by Crippen LogP contribution is -2.34. The summed E-state index contributed by atoms with van der Waals surface area (Å²) in [7, 11) is 0. The fourth-order valence-electron chi connectivity index (χ4n) is 1.69. The SMILES string of the molecule is O=C1C=C(Nc2cc(O)c(Cl)cc2Br)C(=O)N1CCO. The topological polar surface area (TPSA) is 89.9 Å². The number of anilines is 1. The van der Waals surface area contributed by atoms with Crippen LogP contribution in [0.3, 0.4) is 0 Å². The second kappa shape index (κ2) is 5.82.